The molecule has 0 atom stereocenters. The fourth-order valence-corrected chi connectivity index (χ4v) is 10.6. The first-order valence-corrected chi connectivity index (χ1v) is 21.3. The third-order valence-electron chi connectivity index (χ3n) is 13.5. The van der Waals surface area contributed by atoms with Crippen LogP contribution in [0.4, 0.5) is 34.1 Å². The Morgan fingerprint density at radius 2 is 0.750 bits per heavy atom. The number of para-hydroxylation sites is 2. The van der Waals surface area contributed by atoms with Gasteiger partial charge in [0.15, 0.2) is 0 Å². The van der Waals surface area contributed by atoms with E-state index in [4.69, 9.17) is 0 Å². The van der Waals surface area contributed by atoms with Crippen LogP contribution in [0.25, 0.3) is 54.6 Å². The number of hydrogen-bond acceptors (Lipinski definition) is 2. The second-order valence-electron chi connectivity index (χ2n) is 17.1. The average Bonchev–Trinajstić information content (AvgIpc) is 3.27. The lowest BCUT2D eigenvalue weighted by Gasteiger charge is -2.37. The summed E-state index contributed by atoms with van der Waals surface area (Å²) >= 11 is 0. The van der Waals surface area contributed by atoms with Gasteiger partial charge >= 0.3 is 0 Å². The predicted octanol–water partition coefficient (Wildman–Crippen LogP) is 15.9. The minimum Gasteiger partial charge on any atom is -0.309 e. The number of benzene rings is 10. The van der Waals surface area contributed by atoms with Crippen LogP contribution in [-0.4, -0.2) is 0 Å². The van der Waals surface area contributed by atoms with Gasteiger partial charge in [0.25, 0.3) is 0 Å². The van der Waals surface area contributed by atoms with Crippen LogP contribution in [0, 0.1) is 27.7 Å². The lowest BCUT2D eigenvalue weighted by molar-refractivity contribution is 1.08. The molecule has 2 aliphatic heterocycles. The van der Waals surface area contributed by atoms with E-state index >= 15 is 0 Å². The van der Waals surface area contributed by atoms with Gasteiger partial charge in [-0.15, -0.1) is 0 Å². The topological polar surface area (TPSA) is 6.48 Å². The van der Waals surface area contributed by atoms with E-state index in [0.29, 0.717) is 0 Å². The largest absolute Gasteiger partial charge is 0.309 e. The number of anilines is 6. The molecule has 0 aliphatic carbocycles. The maximum atomic E-state index is 2.58. The monoisotopic (exact) mass is 768 g/mol. The van der Waals surface area contributed by atoms with E-state index < -0.39 is 0 Å². The highest BCUT2D eigenvalue weighted by atomic mass is 15.2. The molecule has 0 saturated heterocycles. The Hall–Kier alpha value is -7.16. The van der Waals surface area contributed by atoms with Crippen LogP contribution >= 0.6 is 0 Å². The third-order valence-corrected chi connectivity index (χ3v) is 13.5. The number of rotatable bonds is 4. The number of hydrogen-bond donors (Lipinski definition) is 0. The Morgan fingerprint density at radius 1 is 0.333 bits per heavy atom. The minimum absolute atomic E-state index is 0.913. The van der Waals surface area contributed by atoms with Crippen molar-refractivity contribution in [1.29, 1.82) is 0 Å². The second-order valence-corrected chi connectivity index (χ2v) is 17.1. The molecule has 2 aliphatic rings. The third kappa shape index (κ3) is 5.13. The highest BCUT2D eigenvalue weighted by molar-refractivity contribution is 6.28. The van der Waals surface area contributed by atoms with Gasteiger partial charge in [-0.2, -0.15) is 0 Å². The van der Waals surface area contributed by atoms with Gasteiger partial charge < -0.3 is 9.80 Å². The summed E-state index contributed by atoms with van der Waals surface area (Å²) in [4.78, 5) is 5.15. The van der Waals surface area contributed by atoms with Gasteiger partial charge in [0.05, 0.1) is 34.1 Å². The van der Waals surface area contributed by atoms with E-state index in [2.05, 4.69) is 207 Å². The summed E-state index contributed by atoms with van der Waals surface area (Å²) in [5.41, 5.74) is 23.2. The van der Waals surface area contributed by atoms with Crippen molar-refractivity contribution in [2.45, 2.75) is 40.5 Å². The fourth-order valence-electron chi connectivity index (χ4n) is 10.6. The molecule has 60 heavy (non-hydrogen) atoms. The highest BCUT2D eigenvalue weighted by Gasteiger charge is 2.30. The predicted molar refractivity (Wildman–Crippen MR) is 255 cm³/mol. The Balaban J connectivity index is 1.11. The number of fused-ring (bicyclic) bond motifs is 4. The van der Waals surface area contributed by atoms with Crippen LogP contribution in [0.3, 0.4) is 0 Å². The van der Waals surface area contributed by atoms with Gasteiger partial charge in [0.2, 0.25) is 0 Å². The normalized spacial score (nSPS) is 13.1. The van der Waals surface area contributed by atoms with Crippen molar-refractivity contribution in [1.82, 2.24) is 0 Å². The molecule has 0 amide bonds. The minimum atomic E-state index is 0.913. The van der Waals surface area contributed by atoms with Gasteiger partial charge in [-0.1, -0.05) is 146 Å². The molecule has 2 heterocycles. The second kappa shape index (κ2) is 13.2. The van der Waals surface area contributed by atoms with Crippen LogP contribution in [0.5, 0.6) is 0 Å². The van der Waals surface area contributed by atoms with E-state index in [0.717, 1.165) is 12.8 Å². The number of aryl methyl sites for hydroxylation is 4. The van der Waals surface area contributed by atoms with Gasteiger partial charge in [-0.05, 0) is 140 Å². The Kier molecular flexibility index (Phi) is 7.65. The summed E-state index contributed by atoms with van der Waals surface area (Å²) in [6.07, 6.45) is 1.83. The van der Waals surface area contributed by atoms with E-state index in [1.165, 1.54) is 133 Å². The van der Waals surface area contributed by atoms with E-state index in [1.54, 1.807) is 0 Å². The van der Waals surface area contributed by atoms with Crippen LogP contribution < -0.4 is 9.80 Å². The quantitative estimate of drug-likeness (QED) is 0.165. The summed E-state index contributed by atoms with van der Waals surface area (Å²) in [7, 11) is 0. The summed E-state index contributed by atoms with van der Waals surface area (Å²) in [5.74, 6) is 0. The van der Waals surface area contributed by atoms with Crippen molar-refractivity contribution in [2.24, 2.45) is 0 Å². The molecule has 0 fully saturated rings. The maximum Gasteiger partial charge on any atom is 0.0541 e. The zero-order valence-electron chi connectivity index (χ0n) is 34.5. The van der Waals surface area contributed by atoms with E-state index in [-0.39, 0.29) is 0 Å². The zero-order valence-corrected chi connectivity index (χ0v) is 34.5. The number of nitrogens with zero attached hydrogens (tertiary/aromatic N) is 2. The Morgan fingerprint density at radius 3 is 1.20 bits per heavy atom. The molecule has 10 aromatic carbocycles. The summed E-state index contributed by atoms with van der Waals surface area (Å²) in [5, 5.41) is 7.69. The maximum absolute atomic E-state index is 2.58. The fraction of sp³-hybridized carbons (Fsp3) is 0.103. The molecule has 286 valence electrons. The molecule has 12 rings (SSSR count). The van der Waals surface area contributed by atoms with Crippen LogP contribution in [0.1, 0.15) is 44.5 Å². The van der Waals surface area contributed by atoms with Crippen molar-refractivity contribution in [3.05, 3.63) is 214 Å². The van der Waals surface area contributed by atoms with Gasteiger partial charge in [-0.3, -0.25) is 0 Å². The van der Waals surface area contributed by atoms with Crippen molar-refractivity contribution in [3.8, 4) is 22.3 Å². The van der Waals surface area contributed by atoms with Gasteiger partial charge in [-0.25, -0.2) is 0 Å². The van der Waals surface area contributed by atoms with Crippen molar-refractivity contribution < 1.29 is 0 Å². The molecule has 0 saturated carbocycles. The van der Waals surface area contributed by atoms with Crippen molar-refractivity contribution >= 4 is 66.4 Å². The Labute approximate surface area is 351 Å². The molecule has 0 spiro atoms. The molecule has 0 bridgehead atoms. The smallest absolute Gasteiger partial charge is 0.0541 e. The van der Waals surface area contributed by atoms with Crippen molar-refractivity contribution in [3.63, 3.8) is 0 Å². The van der Waals surface area contributed by atoms with E-state index in [9.17, 15) is 0 Å². The Bertz CT molecular complexity index is 3160. The average molecular weight is 769 g/mol. The molecule has 0 aromatic heterocycles. The summed E-state index contributed by atoms with van der Waals surface area (Å²) in [6, 6.07) is 64.2. The van der Waals surface area contributed by atoms with Gasteiger partial charge in [0.1, 0.15) is 0 Å². The zero-order chi connectivity index (χ0) is 40.2. The molecule has 2 heteroatoms. The SMILES string of the molecule is Cc1ccccc1-c1ccc2c(c1)N(c1ccc3ccc4c(N5c6cc(-c7ccccc7C)ccc6Cc6cccc(C)c65)ccc5ccc1c3c54)c1c(C)cccc1C2. The first-order valence-electron chi connectivity index (χ1n) is 21.3. The van der Waals surface area contributed by atoms with E-state index in [1.807, 2.05) is 0 Å². The molecular weight excluding hydrogens is 725 g/mol. The summed E-state index contributed by atoms with van der Waals surface area (Å²) in [6.45, 7) is 8.97. The van der Waals surface area contributed by atoms with Gasteiger partial charge in [0, 0.05) is 23.6 Å². The first-order chi connectivity index (χ1) is 29.4. The molecule has 0 radical (unpaired) electrons. The molecule has 2 nitrogen and oxygen atoms in total. The molecule has 0 N–H and O–H groups in total. The van der Waals surface area contributed by atoms with Crippen LogP contribution in [0.15, 0.2) is 170 Å². The lowest BCUT2D eigenvalue weighted by atomic mass is 9.87. The molecule has 0 unspecified atom stereocenters. The van der Waals surface area contributed by atoms with Crippen molar-refractivity contribution in [2.75, 3.05) is 9.80 Å². The van der Waals surface area contributed by atoms with Crippen LogP contribution in [0.2, 0.25) is 0 Å². The first kappa shape index (κ1) is 34.8. The van der Waals surface area contributed by atoms with Crippen LogP contribution in [-0.2, 0) is 12.8 Å². The molecule has 10 aromatic rings. The highest BCUT2D eigenvalue weighted by Crippen LogP contribution is 2.53. The summed E-state index contributed by atoms with van der Waals surface area (Å²) < 4.78 is 0. The standard InChI is InChI=1S/C58H44N2/c1-35-11-5-7-17-47(35)41-19-21-43-31-45-15-9-13-37(3)57(45)59(53(43)33-41)51-29-25-39-24-28-50-52(30-26-40-23-27-49(51)55(39)56(40)50)60-54-34-42(48-18-8-6-12-36(48)2)20-22-44(54)32-46-16-10-14-38(4)58(46)60/h5-30,33-34H,31-32H2,1-4H3. The lowest BCUT2D eigenvalue weighted by Crippen LogP contribution is -2.20. The molecular formula is C58H44N2.